The van der Waals surface area contributed by atoms with Gasteiger partial charge in [-0.3, -0.25) is 14.2 Å². The molecule has 2 aromatic heterocycles. The van der Waals surface area contributed by atoms with Crippen LogP contribution in [0, 0.1) is 20.8 Å². The summed E-state index contributed by atoms with van der Waals surface area (Å²) in [6.45, 7) is 6.04. The molecule has 0 atom stereocenters. The lowest BCUT2D eigenvalue weighted by Crippen LogP contribution is -2.16. The van der Waals surface area contributed by atoms with Gasteiger partial charge in [-0.1, -0.05) is 47.7 Å². The summed E-state index contributed by atoms with van der Waals surface area (Å²) in [7, 11) is 0. The number of para-hydroxylation sites is 1. The van der Waals surface area contributed by atoms with Crippen LogP contribution in [0.5, 0.6) is 0 Å². The molecule has 0 saturated carbocycles. The third-order valence-corrected chi connectivity index (χ3v) is 7.09. The van der Waals surface area contributed by atoms with E-state index in [-0.39, 0.29) is 17.2 Å². The van der Waals surface area contributed by atoms with Gasteiger partial charge >= 0.3 is 0 Å². The molecule has 4 rings (SSSR count). The number of nitrogens with one attached hydrogen (secondary N) is 1. The van der Waals surface area contributed by atoms with Crippen LogP contribution in [0.25, 0.3) is 10.9 Å². The number of hydrogen-bond acceptors (Lipinski definition) is 5. The van der Waals surface area contributed by atoms with Gasteiger partial charge in [-0.25, -0.2) is 4.98 Å². The molecule has 4 aromatic rings. The molecule has 0 unspecified atom stereocenters. The largest absolute Gasteiger partial charge is 0.301 e. The summed E-state index contributed by atoms with van der Waals surface area (Å²) >= 11 is 2.89. The molecule has 2 aromatic carbocycles. The number of benzene rings is 2. The summed E-state index contributed by atoms with van der Waals surface area (Å²) in [4.78, 5) is 33.5. The van der Waals surface area contributed by atoms with Crippen molar-refractivity contribution in [1.29, 1.82) is 0 Å². The Labute approximate surface area is 189 Å². The van der Waals surface area contributed by atoms with Gasteiger partial charge in [0.1, 0.15) is 0 Å². The molecule has 0 amide bonds. The predicted octanol–water partition coefficient (Wildman–Crippen LogP) is 5.37. The van der Waals surface area contributed by atoms with Crippen molar-refractivity contribution in [2.24, 2.45) is 0 Å². The molecule has 1 N–H and O–H groups in total. The molecule has 7 heteroatoms. The van der Waals surface area contributed by atoms with E-state index < -0.39 is 0 Å². The Hall–Kier alpha value is -2.77. The minimum Gasteiger partial charge on any atom is -0.301 e. The number of rotatable bonds is 6. The van der Waals surface area contributed by atoms with Crippen molar-refractivity contribution in [2.45, 2.75) is 36.6 Å². The van der Waals surface area contributed by atoms with Crippen LogP contribution < -0.4 is 5.56 Å². The third-order valence-electron chi connectivity index (χ3n) is 5.19. The topological polar surface area (TPSA) is 67.8 Å². The van der Waals surface area contributed by atoms with E-state index in [1.165, 1.54) is 23.4 Å². The van der Waals surface area contributed by atoms with Gasteiger partial charge in [0.05, 0.1) is 17.0 Å². The quantitative estimate of drug-likeness (QED) is 0.316. The molecule has 2 heterocycles. The maximum Gasteiger partial charge on any atom is 0.251 e. The van der Waals surface area contributed by atoms with Crippen molar-refractivity contribution >= 4 is 40.3 Å². The van der Waals surface area contributed by atoms with E-state index in [9.17, 15) is 9.59 Å². The minimum absolute atomic E-state index is 0.0334. The second kappa shape index (κ2) is 9.16. The SMILES string of the molecule is Cc1ccc(SCc2cc(=O)[nH]c(SCC(=O)n3c(C)c(C)c4ccccc43)n2)cc1. The lowest BCUT2D eigenvalue weighted by Gasteiger charge is -2.08. The summed E-state index contributed by atoms with van der Waals surface area (Å²) in [5.41, 5.74) is 4.66. The van der Waals surface area contributed by atoms with Crippen LogP contribution >= 0.6 is 23.5 Å². The van der Waals surface area contributed by atoms with Crippen LogP contribution in [0.15, 0.2) is 69.4 Å². The molecular formula is C24H23N3O2S2. The molecule has 31 heavy (non-hydrogen) atoms. The van der Waals surface area contributed by atoms with Crippen molar-refractivity contribution < 1.29 is 4.79 Å². The molecule has 5 nitrogen and oxygen atoms in total. The van der Waals surface area contributed by atoms with Gasteiger partial charge in [0.25, 0.3) is 5.56 Å². The number of aromatic nitrogens is 3. The van der Waals surface area contributed by atoms with E-state index in [4.69, 9.17) is 0 Å². The normalized spacial score (nSPS) is 11.2. The monoisotopic (exact) mass is 449 g/mol. The number of carbonyl (C=O) groups is 1. The number of hydrogen-bond donors (Lipinski definition) is 1. The van der Waals surface area contributed by atoms with Crippen LogP contribution in [0.4, 0.5) is 0 Å². The van der Waals surface area contributed by atoms with E-state index in [2.05, 4.69) is 41.2 Å². The van der Waals surface area contributed by atoms with Crippen molar-refractivity contribution in [1.82, 2.24) is 14.5 Å². The molecule has 0 radical (unpaired) electrons. The summed E-state index contributed by atoms with van der Waals surface area (Å²) in [6.07, 6.45) is 0. The lowest BCUT2D eigenvalue weighted by molar-refractivity contribution is 0.0945. The zero-order valence-corrected chi connectivity index (χ0v) is 19.3. The van der Waals surface area contributed by atoms with Crippen molar-refractivity contribution in [3.63, 3.8) is 0 Å². The van der Waals surface area contributed by atoms with Crippen LogP contribution in [-0.2, 0) is 5.75 Å². The lowest BCUT2D eigenvalue weighted by atomic mass is 10.2. The van der Waals surface area contributed by atoms with E-state index in [1.54, 1.807) is 16.3 Å². The predicted molar refractivity (Wildman–Crippen MR) is 128 cm³/mol. The number of carbonyl (C=O) groups excluding carboxylic acids is 1. The third kappa shape index (κ3) is 4.78. The van der Waals surface area contributed by atoms with Gasteiger partial charge in [0.2, 0.25) is 5.91 Å². The van der Waals surface area contributed by atoms with Crippen LogP contribution in [0.2, 0.25) is 0 Å². The average molecular weight is 450 g/mol. The Morgan fingerprint density at radius 1 is 1.03 bits per heavy atom. The maximum atomic E-state index is 13.0. The Kier molecular flexibility index (Phi) is 6.34. The fourth-order valence-corrected chi connectivity index (χ4v) is 5.00. The number of aryl methyl sites for hydroxylation is 2. The second-order valence-corrected chi connectivity index (χ2v) is 9.40. The summed E-state index contributed by atoms with van der Waals surface area (Å²) < 4.78 is 1.76. The van der Waals surface area contributed by atoms with Gasteiger partial charge in [0.15, 0.2) is 5.16 Å². The Balaban J connectivity index is 1.47. The smallest absolute Gasteiger partial charge is 0.251 e. The summed E-state index contributed by atoms with van der Waals surface area (Å²) in [5.74, 6) is 0.750. The van der Waals surface area contributed by atoms with E-state index in [0.29, 0.717) is 16.6 Å². The molecule has 0 spiro atoms. The highest BCUT2D eigenvalue weighted by atomic mass is 32.2. The van der Waals surface area contributed by atoms with E-state index in [0.717, 1.165) is 27.1 Å². The first kappa shape index (κ1) is 21.5. The summed E-state index contributed by atoms with van der Waals surface area (Å²) in [6, 6.07) is 17.7. The van der Waals surface area contributed by atoms with Crippen LogP contribution in [0.1, 0.15) is 27.3 Å². The van der Waals surface area contributed by atoms with Crippen molar-refractivity contribution in [2.75, 3.05) is 5.75 Å². The average Bonchev–Trinajstić information content (AvgIpc) is 3.02. The van der Waals surface area contributed by atoms with Crippen LogP contribution in [-0.4, -0.2) is 26.2 Å². The van der Waals surface area contributed by atoms with Crippen LogP contribution in [0.3, 0.4) is 0 Å². The molecular weight excluding hydrogens is 426 g/mol. The molecule has 0 saturated heterocycles. The van der Waals surface area contributed by atoms with E-state index in [1.807, 2.05) is 38.1 Å². The molecule has 0 bridgehead atoms. The number of H-pyrrole nitrogens is 1. The Bertz CT molecular complexity index is 1310. The first-order valence-electron chi connectivity index (χ1n) is 9.95. The standard InChI is InChI=1S/C24H23N3O2S2/c1-15-8-10-19(11-9-15)30-13-18-12-22(28)26-24(25-18)31-14-23(29)27-17(3)16(2)20-6-4-5-7-21(20)27/h4-12H,13-14H2,1-3H3,(H,25,26,28). The van der Waals surface area contributed by atoms with Crippen molar-refractivity contribution in [3.8, 4) is 0 Å². The fraction of sp³-hybridized carbons (Fsp3) is 0.208. The van der Waals surface area contributed by atoms with Gasteiger partial charge in [0, 0.05) is 27.8 Å². The highest BCUT2D eigenvalue weighted by Crippen LogP contribution is 2.26. The molecule has 0 aliphatic carbocycles. The Morgan fingerprint density at radius 2 is 1.77 bits per heavy atom. The number of fused-ring (bicyclic) bond motifs is 1. The van der Waals surface area contributed by atoms with Crippen molar-refractivity contribution in [3.05, 3.63) is 87.5 Å². The first-order valence-corrected chi connectivity index (χ1v) is 11.9. The van der Waals surface area contributed by atoms with Gasteiger partial charge in [-0.05, 0) is 44.5 Å². The zero-order chi connectivity index (χ0) is 22.0. The maximum absolute atomic E-state index is 13.0. The Morgan fingerprint density at radius 3 is 2.55 bits per heavy atom. The minimum atomic E-state index is -0.206. The highest BCUT2D eigenvalue weighted by Gasteiger charge is 2.16. The fourth-order valence-electron chi connectivity index (χ4n) is 3.46. The summed E-state index contributed by atoms with van der Waals surface area (Å²) in [5, 5.41) is 1.55. The molecule has 0 aliphatic heterocycles. The molecule has 0 fully saturated rings. The number of nitrogens with zero attached hydrogens (tertiary/aromatic N) is 2. The highest BCUT2D eigenvalue weighted by molar-refractivity contribution is 7.99. The zero-order valence-electron chi connectivity index (χ0n) is 17.6. The van der Waals surface area contributed by atoms with Gasteiger partial charge in [-0.15, -0.1) is 11.8 Å². The molecule has 0 aliphatic rings. The van der Waals surface area contributed by atoms with Gasteiger partial charge < -0.3 is 4.98 Å². The van der Waals surface area contributed by atoms with Gasteiger partial charge in [-0.2, -0.15) is 0 Å². The number of thioether (sulfide) groups is 2. The van der Waals surface area contributed by atoms with E-state index >= 15 is 0 Å². The first-order chi connectivity index (χ1) is 14.9. The molecule has 158 valence electrons. The second-order valence-electron chi connectivity index (χ2n) is 7.39. The number of aromatic amines is 1.